The molecule has 0 unspecified atom stereocenters. The van der Waals surface area contributed by atoms with Crippen LogP contribution in [0.25, 0.3) is 0 Å². The Labute approximate surface area is 88.6 Å². The van der Waals surface area contributed by atoms with Crippen LogP contribution in [0.3, 0.4) is 0 Å². The van der Waals surface area contributed by atoms with Crippen molar-refractivity contribution >= 4 is 5.84 Å². The molecule has 0 spiro atoms. The lowest BCUT2D eigenvalue weighted by atomic mass is 10.3. The molecule has 0 atom stereocenters. The van der Waals surface area contributed by atoms with Crippen LogP contribution in [0.2, 0.25) is 0 Å². The molecule has 0 amide bonds. The Kier molecular flexibility index (Phi) is 4.20. The summed E-state index contributed by atoms with van der Waals surface area (Å²) in [5.41, 5.74) is 0.847. The minimum absolute atomic E-state index is 0.341. The van der Waals surface area contributed by atoms with Crippen molar-refractivity contribution in [3.63, 3.8) is 0 Å². The Morgan fingerprint density at radius 2 is 2.40 bits per heavy atom. The Bertz CT molecular complexity index is 333. The molecule has 0 radical (unpaired) electrons. The Hall–Kier alpha value is -1.46. The van der Waals surface area contributed by atoms with Crippen molar-refractivity contribution in [2.75, 3.05) is 20.8 Å². The van der Waals surface area contributed by atoms with E-state index in [0.29, 0.717) is 13.0 Å². The van der Waals surface area contributed by atoms with E-state index in [4.69, 9.17) is 0 Å². The zero-order valence-electron chi connectivity index (χ0n) is 9.31. The van der Waals surface area contributed by atoms with Crippen LogP contribution in [0.5, 0.6) is 0 Å². The monoisotopic (exact) mass is 213 g/mol. The van der Waals surface area contributed by atoms with Gasteiger partial charge in [-0.1, -0.05) is 5.21 Å². The van der Waals surface area contributed by atoms with Gasteiger partial charge in [0.15, 0.2) is 0 Å². The van der Waals surface area contributed by atoms with E-state index in [1.54, 1.807) is 11.7 Å². The number of hydrogen-bond acceptors (Lipinski definition) is 3. The molecule has 1 rings (SSSR count). The first-order valence-electron chi connectivity index (χ1n) is 4.75. The molecular weight excluding hydrogens is 197 g/mol. The van der Waals surface area contributed by atoms with E-state index in [1.807, 2.05) is 25.2 Å². The molecule has 0 aliphatic carbocycles. The first-order valence-corrected chi connectivity index (χ1v) is 4.75. The van der Waals surface area contributed by atoms with Crippen LogP contribution in [-0.2, 0) is 13.6 Å². The molecule has 0 aliphatic rings. The molecule has 0 N–H and O–H groups in total. The summed E-state index contributed by atoms with van der Waals surface area (Å²) in [6.45, 7) is 0.206. The maximum Gasteiger partial charge on any atom is 0.102 e. The first-order chi connectivity index (χ1) is 7.17. The fourth-order valence-corrected chi connectivity index (χ4v) is 1.36. The van der Waals surface area contributed by atoms with Gasteiger partial charge in [0.2, 0.25) is 0 Å². The summed E-state index contributed by atoms with van der Waals surface area (Å²) in [5, 5.41) is 7.78. The average molecular weight is 213 g/mol. The Morgan fingerprint density at radius 1 is 1.67 bits per heavy atom. The largest absolute Gasteiger partial charge is 0.357 e. The highest BCUT2D eigenvalue weighted by Gasteiger charge is 2.08. The number of alkyl halides is 1. The molecule has 0 aliphatic heterocycles. The summed E-state index contributed by atoms with van der Waals surface area (Å²) in [6, 6.07) is 0. The zero-order valence-corrected chi connectivity index (χ0v) is 9.31. The number of rotatable bonds is 4. The third-order valence-corrected chi connectivity index (χ3v) is 2.07. The highest BCUT2D eigenvalue weighted by molar-refractivity contribution is 5.81. The van der Waals surface area contributed by atoms with Gasteiger partial charge in [-0.05, 0) is 0 Å². The quantitative estimate of drug-likeness (QED) is 0.544. The van der Waals surface area contributed by atoms with Crippen molar-refractivity contribution in [3.8, 4) is 0 Å². The van der Waals surface area contributed by atoms with Crippen molar-refractivity contribution in [1.82, 2.24) is 19.9 Å². The molecule has 1 heterocycles. The molecule has 0 bridgehead atoms. The van der Waals surface area contributed by atoms with Crippen LogP contribution >= 0.6 is 0 Å². The van der Waals surface area contributed by atoms with Gasteiger partial charge in [0.05, 0.1) is 13.2 Å². The fraction of sp³-hybridized carbons (Fsp3) is 0.667. The molecule has 15 heavy (non-hydrogen) atoms. The fourth-order valence-electron chi connectivity index (χ4n) is 1.36. The maximum absolute atomic E-state index is 12.2. The second-order valence-electron chi connectivity index (χ2n) is 3.32. The van der Waals surface area contributed by atoms with Gasteiger partial charge < -0.3 is 4.90 Å². The maximum atomic E-state index is 12.2. The molecule has 0 aromatic carbocycles. The molecule has 0 fully saturated rings. The number of halogens is 1. The number of aliphatic imine (C=N–C) groups is 1. The van der Waals surface area contributed by atoms with E-state index in [1.165, 1.54) is 0 Å². The summed E-state index contributed by atoms with van der Waals surface area (Å²) < 4.78 is 13.8. The van der Waals surface area contributed by atoms with Gasteiger partial charge in [-0.3, -0.25) is 14.1 Å². The van der Waals surface area contributed by atoms with E-state index in [2.05, 4.69) is 15.3 Å². The molecule has 0 saturated carbocycles. The van der Waals surface area contributed by atoms with Crippen molar-refractivity contribution < 1.29 is 4.39 Å². The van der Waals surface area contributed by atoms with E-state index < -0.39 is 6.67 Å². The number of hydrogen-bond donors (Lipinski definition) is 0. The second kappa shape index (κ2) is 5.43. The summed E-state index contributed by atoms with van der Waals surface area (Å²) in [7, 11) is 5.34. The summed E-state index contributed by atoms with van der Waals surface area (Å²) in [5.74, 6) is 0.739. The zero-order chi connectivity index (χ0) is 11.3. The highest BCUT2D eigenvalue weighted by atomic mass is 19.1. The van der Waals surface area contributed by atoms with Crippen molar-refractivity contribution in [2.24, 2.45) is 12.0 Å². The van der Waals surface area contributed by atoms with Crippen LogP contribution in [0, 0.1) is 0 Å². The van der Waals surface area contributed by atoms with Gasteiger partial charge in [-0.15, -0.1) is 5.10 Å². The van der Waals surface area contributed by atoms with Gasteiger partial charge in [0.1, 0.15) is 11.5 Å². The number of amidine groups is 1. The number of aryl methyl sites for hydroxylation is 1. The van der Waals surface area contributed by atoms with E-state index in [-0.39, 0.29) is 0 Å². The van der Waals surface area contributed by atoms with Gasteiger partial charge in [-0.25, -0.2) is 0 Å². The summed E-state index contributed by atoms with van der Waals surface area (Å²) in [4.78, 5) is 5.91. The summed E-state index contributed by atoms with van der Waals surface area (Å²) >= 11 is 0. The minimum Gasteiger partial charge on any atom is -0.357 e. The lowest BCUT2D eigenvalue weighted by Gasteiger charge is -2.18. The van der Waals surface area contributed by atoms with Crippen LogP contribution in [0.1, 0.15) is 12.1 Å². The van der Waals surface area contributed by atoms with Gasteiger partial charge in [0.25, 0.3) is 0 Å². The molecular formula is C9H16FN5. The number of nitrogens with zero attached hydrogens (tertiary/aromatic N) is 5. The van der Waals surface area contributed by atoms with Crippen molar-refractivity contribution in [1.29, 1.82) is 0 Å². The molecule has 1 aromatic heterocycles. The number of aromatic nitrogens is 3. The van der Waals surface area contributed by atoms with E-state index in [0.717, 1.165) is 11.5 Å². The van der Waals surface area contributed by atoms with Crippen LogP contribution < -0.4 is 0 Å². The van der Waals surface area contributed by atoms with Crippen LogP contribution in [-0.4, -0.2) is 46.5 Å². The molecule has 1 aromatic rings. The van der Waals surface area contributed by atoms with Gasteiger partial charge in [0, 0.05) is 33.8 Å². The standard InChI is InChI=1S/C9H16FN5/c1-11-9(4-5-10)14(2)6-8-7-15(3)13-12-8/h7H,4-6H2,1-3H3. The van der Waals surface area contributed by atoms with Gasteiger partial charge in [-0.2, -0.15) is 0 Å². The highest BCUT2D eigenvalue weighted by Crippen LogP contribution is 2.01. The lowest BCUT2D eigenvalue weighted by Crippen LogP contribution is -2.26. The molecule has 6 heteroatoms. The van der Waals surface area contributed by atoms with Crippen molar-refractivity contribution in [2.45, 2.75) is 13.0 Å². The SMILES string of the molecule is CN=C(CCF)N(C)Cc1cn(C)nn1. The lowest BCUT2D eigenvalue weighted by molar-refractivity contribution is 0.449. The minimum atomic E-state index is -0.391. The van der Waals surface area contributed by atoms with Crippen LogP contribution in [0.15, 0.2) is 11.2 Å². The van der Waals surface area contributed by atoms with E-state index in [9.17, 15) is 4.39 Å². The predicted octanol–water partition coefficient (Wildman–Crippen LogP) is 0.635. The van der Waals surface area contributed by atoms with Gasteiger partial charge >= 0.3 is 0 Å². The molecule has 5 nitrogen and oxygen atoms in total. The summed E-state index contributed by atoms with van der Waals surface area (Å²) in [6.07, 6.45) is 2.17. The Morgan fingerprint density at radius 3 is 2.87 bits per heavy atom. The first kappa shape index (κ1) is 11.6. The third kappa shape index (κ3) is 3.30. The molecule has 84 valence electrons. The molecule has 0 saturated heterocycles. The van der Waals surface area contributed by atoms with Crippen LogP contribution in [0.4, 0.5) is 4.39 Å². The average Bonchev–Trinajstić information content (AvgIpc) is 2.60. The topological polar surface area (TPSA) is 46.3 Å². The predicted molar refractivity (Wildman–Crippen MR) is 56.4 cm³/mol. The smallest absolute Gasteiger partial charge is 0.102 e. The third-order valence-electron chi connectivity index (χ3n) is 2.07. The normalized spacial score (nSPS) is 11.9. The van der Waals surface area contributed by atoms with E-state index >= 15 is 0 Å². The second-order valence-corrected chi connectivity index (χ2v) is 3.32. The Balaban J connectivity index is 2.57. The van der Waals surface area contributed by atoms with Crippen molar-refractivity contribution in [3.05, 3.63) is 11.9 Å².